The predicted molar refractivity (Wildman–Crippen MR) is 103 cm³/mol. The molecule has 0 bridgehead atoms. The van der Waals surface area contributed by atoms with Crippen LogP contribution in [0.5, 0.6) is 5.75 Å². The molecule has 138 valence electrons. The maximum Gasteiger partial charge on any atom is 0.317 e. The Kier molecular flexibility index (Phi) is 5.94. The largest absolute Gasteiger partial charge is 0.487 e. The van der Waals surface area contributed by atoms with Gasteiger partial charge >= 0.3 is 6.03 Å². The van der Waals surface area contributed by atoms with Crippen LogP contribution in [0.25, 0.3) is 0 Å². The van der Waals surface area contributed by atoms with E-state index in [1.54, 1.807) is 4.90 Å². The number of carbonyl (C=O) groups excluding carboxylic acids is 1. The van der Waals surface area contributed by atoms with E-state index in [0.717, 1.165) is 30.1 Å². The van der Waals surface area contributed by atoms with Gasteiger partial charge in [-0.2, -0.15) is 0 Å². The van der Waals surface area contributed by atoms with E-state index in [2.05, 4.69) is 15.6 Å². The summed E-state index contributed by atoms with van der Waals surface area (Å²) in [6.45, 7) is 6.72. The Balaban J connectivity index is 1.27. The molecule has 2 amide bonds. The summed E-state index contributed by atoms with van der Waals surface area (Å²) in [5.41, 5.74) is 2.31. The van der Waals surface area contributed by atoms with Gasteiger partial charge in [0.2, 0.25) is 0 Å². The van der Waals surface area contributed by atoms with Gasteiger partial charge in [0.1, 0.15) is 17.7 Å². The zero-order valence-electron chi connectivity index (χ0n) is 15.4. The van der Waals surface area contributed by atoms with E-state index >= 15 is 0 Å². The number of hydrogen-bond acceptors (Lipinski definition) is 4. The van der Waals surface area contributed by atoms with Crippen LogP contribution in [-0.2, 0) is 0 Å². The normalized spacial score (nSPS) is 13.8. The number of amides is 2. The maximum atomic E-state index is 12.1. The smallest absolute Gasteiger partial charge is 0.317 e. The predicted octanol–water partition coefficient (Wildman–Crippen LogP) is 2.97. The van der Waals surface area contributed by atoms with Gasteiger partial charge in [0.05, 0.1) is 13.1 Å². The van der Waals surface area contributed by atoms with Crippen LogP contribution in [0.3, 0.4) is 0 Å². The minimum Gasteiger partial charge on any atom is -0.487 e. The summed E-state index contributed by atoms with van der Waals surface area (Å²) in [5, 5.41) is 6.19. The lowest BCUT2D eigenvalue weighted by molar-refractivity contribution is 0.0445. The van der Waals surface area contributed by atoms with Gasteiger partial charge in [0.15, 0.2) is 0 Å². The van der Waals surface area contributed by atoms with E-state index in [9.17, 15) is 4.79 Å². The molecule has 6 nitrogen and oxygen atoms in total. The van der Waals surface area contributed by atoms with Crippen molar-refractivity contribution in [3.05, 3.63) is 53.7 Å². The van der Waals surface area contributed by atoms with Gasteiger partial charge in [0.25, 0.3) is 0 Å². The molecule has 0 radical (unpaired) electrons. The number of rotatable bonds is 7. The minimum atomic E-state index is -0.0254. The number of likely N-dealkylation sites (tertiary alicyclic amines) is 1. The Hall–Kier alpha value is -2.76. The summed E-state index contributed by atoms with van der Waals surface area (Å²) in [5.74, 6) is 1.73. The van der Waals surface area contributed by atoms with Gasteiger partial charge < -0.3 is 20.3 Å². The van der Waals surface area contributed by atoms with Crippen LogP contribution in [0.15, 0.2) is 42.6 Å². The van der Waals surface area contributed by atoms with Crippen molar-refractivity contribution in [2.75, 3.05) is 31.5 Å². The van der Waals surface area contributed by atoms with Gasteiger partial charge in [-0.25, -0.2) is 9.78 Å². The zero-order chi connectivity index (χ0) is 18.4. The second-order valence-corrected chi connectivity index (χ2v) is 6.69. The summed E-state index contributed by atoms with van der Waals surface area (Å²) in [6, 6.07) is 11.9. The highest BCUT2D eigenvalue weighted by Crippen LogP contribution is 2.19. The molecule has 0 atom stereocenters. The molecule has 1 saturated heterocycles. The van der Waals surface area contributed by atoms with Crippen LogP contribution >= 0.6 is 0 Å². The van der Waals surface area contributed by atoms with Crippen molar-refractivity contribution < 1.29 is 9.53 Å². The molecule has 0 unspecified atom stereocenters. The lowest BCUT2D eigenvalue weighted by Crippen LogP contribution is -2.59. The van der Waals surface area contributed by atoms with Crippen molar-refractivity contribution in [1.82, 2.24) is 15.2 Å². The van der Waals surface area contributed by atoms with Crippen molar-refractivity contribution in [2.45, 2.75) is 26.4 Å². The number of hydrogen-bond donors (Lipinski definition) is 2. The summed E-state index contributed by atoms with van der Waals surface area (Å²) >= 11 is 0. The number of ether oxygens (including phenoxy) is 1. The highest BCUT2D eigenvalue weighted by Gasteiger charge is 2.32. The number of pyridine rings is 1. The molecule has 0 spiro atoms. The fourth-order valence-corrected chi connectivity index (χ4v) is 2.74. The molecule has 1 aromatic heterocycles. The molecule has 1 aliphatic heterocycles. The highest BCUT2D eigenvalue weighted by atomic mass is 16.5. The quantitative estimate of drug-likeness (QED) is 0.750. The zero-order valence-corrected chi connectivity index (χ0v) is 15.4. The maximum absolute atomic E-state index is 12.1. The van der Waals surface area contributed by atoms with E-state index in [1.165, 1.54) is 5.56 Å². The number of benzene rings is 1. The van der Waals surface area contributed by atoms with Crippen LogP contribution in [0.1, 0.15) is 17.5 Å². The summed E-state index contributed by atoms with van der Waals surface area (Å²) in [4.78, 5) is 18.1. The standard InChI is InChI=1S/C20H26N4O2/c1-15-5-3-6-17(11-15)26-18-13-24(14-18)20(25)22-10-4-9-21-19-8-7-16(2)12-23-19/h3,5-8,11-12,18H,4,9-10,13-14H2,1-2H3,(H,21,23)(H,22,25). The first kappa shape index (κ1) is 18.0. The topological polar surface area (TPSA) is 66.5 Å². The molecular weight excluding hydrogens is 328 g/mol. The molecule has 1 aliphatic rings. The first-order valence-corrected chi connectivity index (χ1v) is 9.03. The van der Waals surface area contributed by atoms with Crippen molar-refractivity contribution in [2.24, 2.45) is 0 Å². The fraction of sp³-hybridized carbons (Fsp3) is 0.400. The Morgan fingerprint density at radius 3 is 2.77 bits per heavy atom. The van der Waals surface area contributed by atoms with Gasteiger partial charge in [-0.1, -0.05) is 18.2 Å². The molecule has 0 saturated carbocycles. The highest BCUT2D eigenvalue weighted by molar-refractivity contribution is 5.75. The number of nitrogens with one attached hydrogen (secondary N) is 2. The molecule has 0 aliphatic carbocycles. The van der Waals surface area contributed by atoms with Gasteiger partial charge in [0, 0.05) is 19.3 Å². The van der Waals surface area contributed by atoms with Crippen molar-refractivity contribution in [3.63, 3.8) is 0 Å². The third-order valence-corrected chi connectivity index (χ3v) is 4.27. The van der Waals surface area contributed by atoms with Crippen molar-refractivity contribution in [3.8, 4) is 5.75 Å². The Morgan fingerprint density at radius 2 is 2.04 bits per heavy atom. The van der Waals surface area contributed by atoms with Crippen LogP contribution in [0.2, 0.25) is 0 Å². The lowest BCUT2D eigenvalue weighted by Gasteiger charge is -2.38. The molecule has 2 aromatic rings. The van der Waals surface area contributed by atoms with Crippen molar-refractivity contribution >= 4 is 11.8 Å². The van der Waals surface area contributed by atoms with Crippen LogP contribution in [-0.4, -0.2) is 48.2 Å². The number of nitrogens with zero attached hydrogens (tertiary/aromatic N) is 2. The van der Waals surface area contributed by atoms with E-state index in [0.29, 0.717) is 19.6 Å². The number of aromatic nitrogens is 1. The minimum absolute atomic E-state index is 0.0254. The number of urea groups is 1. The van der Waals surface area contributed by atoms with Gasteiger partial charge in [-0.05, 0) is 49.6 Å². The third-order valence-electron chi connectivity index (χ3n) is 4.27. The second-order valence-electron chi connectivity index (χ2n) is 6.69. The molecule has 1 fully saturated rings. The summed E-state index contributed by atoms with van der Waals surface area (Å²) < 4.78 is 5.87. The van der Waals surface area contributed by atoms with E-state index < -0.39 is 0 Å². The van der Waals surface area contributed by atoms with Gasteiger partial charge in [-0.15, -0.1) is 0 Å². The SMILES string of the molecule is Cc1ccc(NCCCNC(=O)N2CC(Oc3cccc(C)c3)C2)nc1. The Labute approximate surface area is 154 Å². The lowest BCUT2D eigenvalue weighted by atomic mass is 10.1. The average Bonchev–Trinajstić information content (AvgIpc) is 2.59. The monoisotopic (exact) mass is 354 g/mol. The van der Waals surface area contributed by atoms with E-state index in [-0.39, 0.29) is 12.1 Å². The Bertz CT molecular complexity index is 727. The second kappa shape index (κ2) is 8.56. The molecule has 2 N–H and O–H groups in total. The van der Waals surface area contributed by atoms with Gasteiger partial charge in [-0.3, -0.25) is 0 Å². The van der Waals surface area contributed by atoms with Crippen LogP contribution in [0.4, 0.5) is 10.6 Å². The van der Waals surface area contributed by atoms with Crippen LogP contribution in [0, 0.1) is 13.8 Å². The van der Waals surface area contributed by atoms with E-state index in [1.807, 2.05) is 56.4 Å². The number of anilines is 1. The number of carbonyl (C=O) groups is 1. The molecule has 26 heavy (non-hydrogen) atoms. The number of aryl methyl sites for hydroxylation is 2. The molecule has 1 aromatic carbocycles. The first-order chi connectivity index (χ1) is 12.6. The molecule has 6 heteroatoms. The van der Waals surface area contributed by atoms with Crippen LogP contribution < -0.4 is 15.4 Å². The molecule has 3 rings (SSSR count). The third kappa shape index (κ3) is 5.12. The molecule has 2 heterocycles. The molecular formula is C20H26N4O2. The summed E-state index contributed by atoms with van der Waals surface area (Å²) in [6.07, 6.45) is 2.76. The van der Waals surface area contributed by atoms with Crippen molar-refractivity contribution in [1.29, 1.82) is 0 Å². The summed E-state index contributed by atoms with van der Waals surface area (Å²) in [7, 11) is 0. The first-order valence-electron chi connectivity index (χ1n) is 9.03. The Morgan fingerprint density at radius 1 is 1.19 bits per heavy atom. The van der Waals surface area contributed by atoms with E-state index in [4.69, 9.17) is 4.74 Å². The fourth-order valence-electron chi connectivity index (χ4n) is 2.74. The average molecular weight is 354 g/mol.